The predicted molar refractivity (Wildman–Crippen MR) is 64.1 cm³/mol. The molecule has 86 valence electrons. The summed E-state index contributed by atoms with van der Waals surface area (Å²) in [5.74, 6) is -0.200. The zero-order valence-electron chi connectivity index (χ0n) is 8.86. The number of esters is 1. The van der Waals surface area contributed by atoms with E-state index < -0.39 is 12.0 Å². The van der Waals surface area contributed by atoms with Gasteiger partial charge < -0.3 is 10.5 Å². The Hall–Kier alpha value is -1.32. The van der Waals surface area contributed by atoms with Gasteiger partial charge in [0.15, 0.2) is 0 Å². The molecule has 2 N–H and O–H groups in total. The summed E-state index contributed by atoms with van der Waals surface area (Å²) in [6, 6.07) is 8.81. The smallest absolute Gasteiger partial charge is 0.328 e. The van der Waals surface area contributed by atoms with Gasteiger partial charge >= 0.3 is 5.97 Å². The molecule has 0 heterocycles. The summed E-state index contributed by atoms with van der Waals surface area (Å²) in [6.45, 7) is 3.47. The second-order valence-corrected chi connectivity index (χ2v) is 3.66. The number of halogens is 1. The van der Waals surface area contributed by atoms with Crippen molar-refractivity contribution in [2.45, 2.75) is 12.5 Å². The second-order valence-electron chi connectivity index (χ2n) is 3.39. The molecule has 1 rings (SSSR count). The maximum Gasteiger partial charge on any atom is 0.328 e. The summed E-state index contributed by atoms with van der Waals surface area (Å²) in [7, 11) is 0. The zero-order valence-corrected chi connectivity index (χ0v) is 9.61. The highest BCUT2D eigenvalue weighted by Crippen LogP contribution is 2.05. The van der Waals surface area contributed by atoms with E-state index in [9.17, 15) is 4.79 Å². The molecule has 0 saturated carbocycles. The number of benzene rings is 1. The highest BCUT2D eigenvalue weighted by molar-refractivity contribution is 6.19. The van der Waals surface area contributed by atoms with Crippen molar-refractivity contribution in [3.63, 3.8) is 0 Å². The van der Waals surface area contributed by atoms with Gasteiger partial charge in [0.2, 0.25) is 0 Å². The number of hydrogen-bond acceptors (Lipinski definition) is 3. The average molecular weight is 240 g/mol. The summed E-state index contributed by atoms with van der Waals surface area (Å²) >= 11 is 5.44. The normalized spacial score (nSPS) is 11.9. The number of carbonyl (C=O) groups excluding carboxylic acids is 1. The number of carbonyl (C=O) groups is 1. The van der Waals surface area contributed by atoms with Crippen molar-refractivity contribution in [2.24, 2.45) is 5.73 Å². The fraction of sp³-hybridized carbons (Fsp3) is 0.250. The fourth-order valence-corrected chi connectivity index (χ4v) is 1.25. The molecule has 0 aliphatic heterocycles. The molecular formula is C12H14ClNO2. The van der Waals surface area contributed by atoms with E-state index >= 15 is 0 Å². The highest BCUT2D eigenvalue weighted by Gasteiger charge is 2.16. The first-order valence-electron chi connectivity index (χ1n) is 4.88. The molecule has 0 amide bonds. The molecule has 1 aromatic rings. The number of hydrogen-bond donors (Lipinski definition) is 1. The third-order valence-electron chi connectivity index (χ3n) is 2.00. The van der Waals surface area contributed by atoms with Crippen LogP contribution in [0.5, 0.6) is 0 Å². The van der Waals surface area contributed by atoms with E-state index in [2.05, 4.69) is 6.58 Å². The molecule has 0 aliphatic rings. The first-order valence-corrected chi connectivity index (χ1v) is 5.42. The molecule has 0 aromatic heterocycles. The fourth-order valence-electron chi connectivity index (χ4n) is 1.20. The molecule has 0 aliphatic carbocycles. The Bertz CT molecular complexity index is 365. The molecule has 0 unspecified atom stereocenters. The molecule has 1 aromatic carbocycles. The van der Waals surface area contributed by atoms with Crippen LogP contribution in [0.2, 0.25) is 0 Å². The lowest BCUT2D eigenvalue weighted by Crippen LogP contribution is -2.34. The van der Waals surface area contributed by atoms with E-state index in [1.807, 2.05) is 30.3 Å². The minimum Gasteiger partial charge on any atom is -0.429 e. The predicted octanol–water partition coefficient (Wildman–Crippen LogP) is 1.85. The molecule has 0 saturated heterocycles. The first kappa shape index (κ1) is 12.7. The maximum atomic E-state index is 11.4. The van der Waals surface area contributed by atoms with E-state index in [4.69, 9.17) is 22.1 Å². The van der Waals surface area contributed by atoms with Crippen LogP contribution in [0.25, 0.3) is 0 Å². The van der Waals surface area contributed by atoms with E-state index in [-0.39, 0.29) is 11.6 Å². The van der Waals surface area contributed by atoms with Crippen molar-refractivity contribution in [3.05, 3.63) is 48.2 Å². The zero-order chi connectivity index (χ0) is 12.0. The molecule has 1 atom stereocenters. The van der Waals surface area contributed by atoms with Gasteiger partial charge in [0, 0.05) is 0 Å². The number of ether oxygens (including phenoxy) is 1. The Morgan fingerprint density at radius 1 is 1.44 bits per heavy atom. The number of rotatable bonds is 5. The third kappa shape index (κ3) is 4.04. The summed E-state index contributed by atoms with van der Waals surface area (Å²) in [6.07, 6.45) is 0.440. The van der Waals surface area contributed by atoms with Crippen molar-refractivity contribution in [1.82, 2.24) is 0 Å². The van der Waals surface area contributed by atoms with Crippen LogP contribution >= 0.6 is 11.6 Å². The van der Waals surface area contributed by atoms with Crippen molar-refractivity contribution in [3.8, 4) is 0 Å². The Kier molecular flexibility index (Phi) is 5.02. The van der Waals surface area contributed by atoms with Crippen LogP contribution in [-0.2, 0) is 16.0 Å². The monoisotopic (exact) mass is 239 g/mol. The molecule has 16 heavy (non-hydrogen) atoms. The van der Waals surface area contributed by atoms with Crippen LogP contribution in [0, 0.1) is 0 Å². The van der Waals surface area contributed by atoms with Crippen molar-refractivity contribution < 1.29 is 9.53 Å². The third-order valence-corrected chi connectivity index (χ3v) is 2.29. The molecular weight excluding hydrogens is 226 g/mol. The van der Waals surface area contributed by atoms with Crippen molar-refractivity contribution in [1.29, 1.82) is 0 Å². The van der Waals surface area contributed by atoms with Gasteiger partial charge in [-0.25, -0.2) is 4.79 Å². The lowest BCUT2D eigenvalue weighted by Gasteiger charge is -2.11. The van der Waals surface area contributed by atoms with Gasteiger partial charge in [0.05, 0.1) is 5.88 Å². The van der Waals surface area contributed by atoms with Crippen molar-refractivity contribution >= 4 is 17.6 Å². The molecule has 0 spiro atoms. The van der Waals surface area contributed by atoms with Gasteiger partial charge in [0.1, 0.15) is 11.8 Å². The largest absolute Gasteiger partial charge is 0.429 e. The molecule has 0 radical (unpaired) electrons. The first-order chi connectivity index (χ1) is 7.63. The Labute approximate surface area is 99.8 Å². The number of nitrogens with two attached hydrogens (primary N) is 1. The lowest BCUT2D eigenvalue weighted by molar-refractivity contribution is -0.140. The summed E-state index contributed by atoms with van der Waals surface area (Å²) in [4.78, 5) is 11.4. The molecule has 3 nitrogen and oxygen atoms in total. The minimum atomic E-state index is -0.692. The topological polar surface area (TPSA) is 52.3 Å². The van der Waals surface area contributed by atoms with Crippen LogP contribution < -0.4 is 5.73 Å². The average Bonchev–Trinajstić information content (AvgIpc) is 2.30. The second kappa shape index (κ2) is 6.30. The van der Waals surface area contributed by atoms with Crippen LogP contribution in [0.4, 0.5) is 0 Å². The number of alkyl halides is 1. The Balaban J connectivity index is 2.49. The van der Waals surface area contributed by atoms with Gasteiger partial charge in [-0.15, -0.1) is 11.6 Å². The minimum absolute atomic E-state index is 0.0871. The van der Waals surface area contributed by atoms with Gasteiger partial charge in [-0.2, -0.15) is 0 Å². The Morgan fingerprint density at radius 3 is 2.62 bits per heavy atom. The molecule has 0 bridgehead atoms. The quantitative estimate of drug-likeness (QED) is 0.485. The van der Waals surface area contributed by atoms with Crippen LogP contribution in [0.15, 0.2) is 42.7 Å². The summed E-state index contributed by atoms with van der Waals surface area (Å²) < 4.78 is 4.84. The van der Waals surface area contributed by atoms with E-state index in [0.717, 1.165) is 5.56 Å². The lowest BCUT2D eigenvalue weighted by atomic mass is 10.1. The van der Waals surface area contributed by atoms with Gasteiger partial charge in [-0.05, 0) is 12.0 Å². The van der Waals surface area contributed by atoms with Crippen LogP contribution in [0.1, 0.15) is 5.56 Å². The summed E-state index contributed by atoms with van der Waals surface area (Å²) in [5, 5.41) is 0. The van der Waals surface area contributed by atoms with Crippen LogP contribution in [-0.4, -0.2) is 17.9 Å². The molecule has 0 fully saturated rings. The SMILES string of the molecule is C=C(CCl)OC(=O)[C@@H](N)Cc1ccccc1. The van der Waals surface area contributed by atoms with Crippen molar-refractivity contribution in [2.75, 3.05) is 5.88 Å². The van der Waals surface area contributed by atoms with Crippen LogP contribution in [0.3, 0.4) is 0 Å². The molecule has 4 heteroatoms. The number of allylic oxidation sites excluding steroid dienone is 1. The van der Waals surface area contributed by atoms with Gasteiger partial charge in [-0.3, -0.25) is 0 Å². The summed E-state index contributed by atoms with van der Waals surface area (Å²) in [5.41, 5.74) is 6.68. The van der Waals surface area contributed by atoms with Gasteiger partial charge in [-0.1, -0.05) is 36.9 Å². The van der Waals surface area contributed by atoms with E-state index in [1.54, 1.807) is 0 Å². The van der Waals surface area contributed by atoms with E-state index in [1.165, 1.54) is 0 Å². The van der Waals surface area contributed by atoms with E-state index in [0.29, 0.717) is 6.42 Å². The maximum absolute atomic E-state index is 11.4. The Morgan fingerprint density at radius 2 is 2.06 bits per heavy atom. The van der Waals surface area contributed by atoms with Gasteiger partial charge in [0.25, 0.3) is 0 Å². The highest BCUT2D eigenvalue weighted by atomic mass is 35.5. The standard InChI is InChI=1S/C12H14ClNO2/c1-9(8-13)16-12(15)11(14)7-10-5-3-2-4-6-10/h2-6,11H,1,7-8,14H2/t11-/m0/s1.